The molecule has 1 heterocycles. The molecule has 2 aromatic rings. The lowest BCUT2D eigenvalue weighted by atomic mass is 10.3. The molecule has 2 rings (SSSR count). The number of rotatable bonds is 7. The maximum Gasteiger partial charge on any atom is 0.275 e. The van der Waals surface area contributed by atoms with Crippen molar-refractivity contribution in [1.82, 2.24) is 15.3 Å². The average Bonchev–Trinajstić information content (AvgIpc) is 2.61. The maximum absolute atomic E-state index is 12.4. The number of nitrogens with one attached hydrogen (secondary N) is 2. The zero-order chi connectivity index (χ0) is 18.2. The number of carbonyl (C=O) groups excluding carboxylic acids is 2. The predicted octanol–water partition coefficient (Wildman–Crippen LogP) is 2.62. The third kappa shape index (κ3) is 5.61. The van der Waals surface area contributed by atoms with Crippen LogP contribution >= 0.6 is 23.4 Å². The summed E-state index contributed by atoms with van der Waals surface area (Å²) in [4.78, 5) is 31.9. The van der Waals surface area contributed by atoms with Crippen LogP contribution in [0.25, 0.3) is 0 Å². The minimum Gasteiger partial charge on any atom is -0.484 e. The Kier molecular flexibility index (Phi) is 7.03. The van der Waals surface area contributed by atoms with Gasteiger partial charge in [0.05, 0.1) is 11.2 Å². The van der Waals surface area contributed by atoms with Gasteiger partial charge >= 0.3 is 0 Å². The molecule has 0 unspecified atom stereocenters. The van der Waals surface area contributed by atoms with E-state index in [-0.39, 0.29) is 23.2 Å². The van der Waals surface area contributed by atoms with E-state index >= 15 is 0 Å². The zero-order valence-corrected chi connectivity index (χ0v) is 15.3. The summed E-state index contributed by atoms with van der Waals surface area (Å²) in [5.74, 6) is -0.208. The molecule has 0 aliphatic carbocycles. The van der Waals surface area contributed by atoms with Gasteiger partial charge in [0, 0.05) is 18.3 Å². The highest BCUT2D eigenvalue weighted by atomic mass is 35.5. The Morgan fingerprint density at radius 1 is 1.36 bits per heavy atom. The fraction of sp³-hybridized carbons (Fsp3) is 0.250. The molecular weight excluding hydrogens is 364 g/mol. The number of amides is 2. The van der Waals surface area contributed by atoms with Crippen LogP contribution in [0.15, 0.2) is 35.6 Å². The van der Waals surface area contributed by atoms with Crippen molar-refractivity contribution < 1.29 is 14.3 Å². The molecule has 0 aliphatic heterocycles. The molecule has 0 atom stereocenters. The second-order valence-corrected chi connectivity index (χ2v) is 5.96. The first-order valence-corrected chi connectivity index (χ1v) is 9.01. The number of thioether (sulfide) groups is 1. The van der Waals surface area contributed by atoms with E-state index < -0.39 is 5.91 Å². The van der Waals surface area contributed by atoms with Crippen molar-refractivity contribution in [3.8, 4) is 5.75 Å². The van der Waals surface area contributed by atoms with Crippen LogP contribution < -0.4 is 15.4 Å². The van der Waals surface area contributed by atoms with Crippen LogP contribution in [0, 0.1) is 0 Å². The molecule has 132 valence electrons. The summed E-state index contributed by atoms with van der Waals surface area (Å²) >= 11 is 7.31. The number of hydrogen-bond acceptors (Lipinski definition) is 6. The Labute approximate surface area is 154 Å². The van der Waals surface area contributed by atoms with E-state index in [1.165, 1.54) is 18.0 Å². The summed E-state index contributed by atoms with van der Waals surface area (Å²) in [6.45, 7) is 2.27. The lowest BCUT2D eigenvalue weighted by molar-refractivity contribution is -0.122. The van der Waals surface area contributed by atoms with Gasteiger partial charge in [0.15, 0.2) is 17.5 Å². The summed E-state index contributed by atoms with van der Waals surface area (Å²) in [5.41, 5.74) is 0.591. The lowest BCUT2D eigenvalue weighted by Gasteiger charge is -2.10. The topological polar surface area (TPSA) is 93.2 Å². The molecule has 0 bridgehead atoms. The van der Waals surface area contributed by atoms with Crippen molar-refractivity contribution in [1.29, 1.82) is 0 Å². The third-order valence-corrected chi connectivity index (χ3v) is 3.79. The van der Waals surface area contributed by atoms with E-state index in [0.717, 1.165) is 0 Å². The maximum atomic E-state index is 12.4. The third-order valence-electron chi connectivity index (χ3n) is 2.96. The second-order valence-electron chi connectivity index (χ2n) is 4.78. The van der Waals surface area contributed by atoms with Crippen molar-refractivity contribution in [3.05, 3.63) is 41.2 Å². The lowest BCUT2D eigenvalue weighted by Crippen LogP contribution is -2.28. The van der Waals surface area contributed by atoms with Gasteiger partial charge in [-0.2, -0.15) is 0 Å². The number of hydrogen-bond donors (Lipinski definition) is 2. The number of nitrogens with zero attached hydrogens (tertiary/aromatic N) is 2. The van der Waals surface area contributed by atoms with Gasteiger partial charge in [0.1, 0.15) is 5.75 Å². The molecule has 2 amide bonds. The number of ether oxygens (including phenoxy) is 1. The van der Waals surface area contributed by atoms with Gasteiger partial charge in [-0.15, -0.1) is 0 Å². The fourth-order valence-electron chi connectivity index (χ4n) is 1.86. The van der Waals surface area contributed by atoms with Crippen LogP contribution in [0.4, 0.5) is 5.69 Å². The quantitative estimate of drug-likeness (QED) is 0.566. The first-order valence-electron chi connectivity index (χ1n) is 7.41. The minimum absolute atomic E-state index is 0.0923. The number of carbonyl (C=O) groups is 2. The predicted molar refractivity (Wildman–Crippen MR) is 97.4 cm³/mol. The molecule has 0 radical (unpaired) electrons. The van der Waals surface area contributed by atoms with Gasteiger partial charge in [0.25, 0.3) is 11.8 Å². The Bertz CT molecular complexity index is 773. The van der Waals surface area contributed by atoms with Crippen LogP contribution in [0.2, 0.25) is 5.02 Å². The molecule has 1 aromatic heterocycles. The molecular formula is C16H17ClN4O3S. The van der Waals surface area contributed by atoms with Crippen LogP contribution in [0.1, 0.15) is 17.4 Å². The Hall–Kier alpha value is -2.32. The van der Waals surface area contributed by atoms with Gasteiger partial charge < -0.3 is 15.4 Å². The highest BCUT2D eigenvalue weighted by Crippen LogP contribution is 2.20. The zero-order valence-electron chi connectivity index (χ0n) is 13.7. The van der Waals surface area contributed by atoms with Gasteiger partial charge in [-0.05, 0) is 25.3 Å². The summed E-state index contributed by atoms with van der Waals surface area (Å²) < 4.78 is 5.39. The van der Waals surface area contributed by atoms with Crippen LogP contribution in [0.3, 0.4) is 0 Å². The van der Waals surface area contributed by atoms with Crippen LogP contribution in [0.5, 0.6) is 5.75 Å². The molecule has 2 N–H and O–H groups in total. The van der Waals surface area contributed by atoms with E-state index in [9.17, 15) is 9.59 Å². The van der Waals surface area contributed by atoms with Gasteiger partial charge in [-0.1, -0.05) is 29.4 Å². The molecule has 0 spiro atoms. The Balaban J connectivity index is 2.06. The number of halogens is 1. The van der Waals surface area contributed by atoms with Crippen molar-refractivity contribution in [2.24, 2.45) is 0 Å². The summed E-state index contributed by atoms with van der Waals surface area (Å²) in [6, 6.07) is 6.71. The molecule has 25 heavy (non-hydrogen) atoms. The normalized spacial score (nSPS) is 10.2. The molecule has 1 aromatic carbocycles. The van der Waals surface area contributed by atoms with E-state index in [2.05, 4.69) is 20.6 Å². The molecule has 0 fully saturated rings. The summed E-state index contributed by atoms with van der Waals surface area (Å²) in [6.07, 6.45) is 3.20. The molecule has 9 heteroatoms. The van der Waals surface area contributed by atoms with Gasteiger partial charge in [-0.25, -0.2) is 9.97 Å². The van der Waals surface area contributed by atoms with E-state index in [1.54, 1.807) is 30.5 Å². The number of aromatic nitrogens is 2. The summed E-state index contributed by atoms with van der Waals surface area (Å²) in [7, 11) is 0. The summed E-state index contributed by atoms with van der Waals surface area (Å²) in [5, 5.41) is 5.95. The smallest absolute Gasteiger partial charge is 0.275 e. The Morgan fingerprint density at radius 3 is 2.88 bits per heavy atom. The van der Waals surface area contributed by atoms with Crippen molar-refractivity contribution in [3.63, 3.8) is 0 Å². The highest BCUT2D eigenvalue weighted by molar-refractivity contribution is 7.98. The first kappa shape index (κ1) is 19.0. The van der Waals surface area contributed by atoms with Gasteiger partial charge in [0.2, 0.25) is 0 Å². The molecule has 0 aliphatic rings. The number of likely N-dealkylation sites (N-methyl/N-ethyl adjacent to an activating group) is 1. The number of benzene rings is 1. The molecule has 7 nitrogen and oxygen atoms in total. The Morgan fingerprint density at radius 2 is 2.16 bits per heavy atom. The number of anilines is 1. The van der Waals surface area contributed by atoms with Crippen molar-refractivity contribution >= 4 is 40.9 Å². The first-order chi connectivity index (χ1) is 12.0. The van der Waals surface area contributed by atoms with E-state index in [0.29, 0.717) is 23.1 Å². The van der Waals surface area contributed by atoms with Crippen LogP contribution in [-0.2, 0) is 4.79 Å². The van der Waals surface area contributed by atoms with E-state index in [4.69, 9.17) is 16.3 Å². The van der Waals surface area contributed by atoms with Crippen molar-refractivity contribution in [2.45, 2.75) is 12.1 Å². The van der Waals surface area contributed by atoms with Gasteiger partial charge in [-0.3, -0.25) is 9.59 Å². The standard InChI is InChI=1S/C16H17ClN4O3S/c1-3-18-13(22)9-24-11-6-4-5-10(7-11)20-15(23)14-12(17)8-19-16(21-14)25-2/h4-8H,3,9H2,1-2H3,(H,18,22)(H,20,23). The fourth-order valence-corrected chi connectivity index (χ4v) is 2.38. The SMILES string of the molecule is CCNC(=O)COc1cccc(NC(=O)c2nc(SC)ncc2Cl)c1. The minimum atomic E-state index is -0.455. The molecule has 0 saturated carbocycles. The van der Waals surface area contributed by atoms with Crippen LogP contribution in [-0.4, -0.2) is 41.2 Å². The molecule has 0 saturated heterocycles. The second kappa shape index (κ2) is 9.24. The van der Waals surface area contributed by atoms with E-state index in [1.807, 2.05) is 6.92 Å². The largest absolute Gasteiger partial charge is 0.484 e. The monoisotopic (exact) mass is 380 g/mol. The van der Waals surface area contributed by atoms with Crippen molar-refractivity contribution in [2.75, 3.05) is 24.7 Å². The highest BCUT2D eigenvalue weighted by Gasteiger charge is 2.14. The average molecular weight is 381 g/mol.